The van der Waals surface area contributed by atoms with Crippen LogP contribution < -0.4 is 5.32 Å². The lowest BCUT2D eigenvalue weighted by molar-refractivity contribution is 0.494. The van der Waals surface area contributed by atoms with Gasteiger partial charge in [-0.2, -0.15) is 0 Å². The van der Waals surface area contributed by atoms with E-state index in [-0.39, 0.29) is 0 Å². The molecule has 0 unspecified atom stereocenters. The highest BCUT2D eigenvalue weighted by Crippen LogP contribution is 2.31. The summed E-state index contributed by atoms with van der Waals surface area (Å²) in [5.74, 6) is 1.75. The standard InChI is InChI=1S/C15H15NO2/c1-10-3-4-13-11(7-10)8-14(18-13)12-5-6-17-15(12)9-16-2/h3-8,16H,9H2,1-2H3. The van der Waals surface area contributed by atoms with Crippen molar-refractivity contribution >= 4 is 11.0 Å². The molecule has 1 aromatic carbocycles. The van der Waals surface area contributed by atoms with Crippen molar-refractivity contribution in [3.8, 4) is 11.3 Å². The van der Waals surface area contributed by atoms with Crippen LogP contribution in [0.25, 0.3) is 22.3 Å². The highest BCUT2D eigenvalue weighted by atomic mass is 16.3. The van der Waals surface area contributed by atoms with Crippen LogP contribution in [-0.4, -0.2) is 7.05 Å². The van der Waals surface area contributed by atoms with E-state index < -0.39 is 0 Å². The molecule has 0 fully saturated rings. The van der Waals surface area contributed by atoms with Crippen LogP contribution in [0.4, 0.5) is 0 Å². The van der Waals surface area contributed by atoms with Crippen molar-refractivity contribution in [3.63, 3.8) is 0 Å². The molecule has 0 amide bonds. The maximum atomic E-state index is 5.87. The summed E-state index contributed by atoms with van der Waals surface area (Å²) in [6, 6.07) is 10.2. The minimum Gasteiger partial charge on any atom is -0.467 e. The van der Waals surface area contributed by atoms with Crippen LogP contribution in [0.15, 0.2) is 45.4 Å². The van der Waals surface area contributed by atoms with Gasteiger partial charge >= 0.3 is 0 Å². The highest BCUT2D eigenvalue weighted by molar-refractivity contribution is 5.83. The highest BCUT2D eigenvalue weighted by Gasteiger charge is 2.12. The fourth-order valence-electron chi connectivity index (χ4n) is 2.15. The van der Waals surface area contributed by atoms with Crippen molar-refractivity contribution in [1.29, 1.82) is 0 Å². The Kier molecular flexibility index (Phi) is 2.68. The molecule has 2 aromatic heterocycles. The van der Waals surface area contributed by atoms with E-state index >= 15 is 0 Å². The SMILES string of the molecule is CNCc1occc1-c1cc2cc(C)ccc2o1. The van der Waals surface area contributed by atoms with Crippen LogP contribution in [0.2, 0.25) is 0 Å². The zero-order chi connectivity index (χ0) is 12.5. The van der Waals surface area contributed by atoms with Crippen LogP contribution in [-0.2, 0) is 6.54 Å². The third-order valence-corrected chi connectivity index (χ3v) is 3.02. The lowest BCUT2D eigenvalue weighted by atomic mass is 10.1. The van der Waals surface area contributed by atoms with Gasteiger partial charge in [0.1, 0.15) is 17.1 Å². The maximum absolute atomic E-state index is 5.87. The summed E-state index contributed by atoms with van der Waals surface area (Å²) in [5, 5.41) is 4.21. The first-order valence-corrected chi connectivity index (χ1v) is 5.99. The predicted octanol–water partition coefficient (Wildman–Crippen LogP) is 3.72. The molecule has 0 radical (unpaired) electrons. The molecule has 92 valence electrons. The molecule has 2 heterocycles. The van der Waals surface area contributed by atoms with Crippen LogP contribution in [0, 0.1) is 6.92 Å². The Balaban J connectivity index is 2.10. The number of rotatable bonds is 3. The summed E-state index contributed by atoms with van der Waals surface area (Å²) in [7, 11) is 1.90. The molecular weight excluding hydrogens is 226 g/mol. The smallest absolute Gasteiger partial charge is 0.138 e. The molecule has 0 bridgehead atoms. The molecule has 0 aliphatic rings. The zero-order valence-electron chi connectivity index (χ0n) is 10.5. The first-order chi connectivity index (χ1) is 8.78. The summed E-state index contributed by atoms with van der Waals surface area (Å²) in [6.45, 7) is 2.77. The van der Waals surface area contributed by atoms with E-state index in [4.69, 9.17) is 8.83 Å². The van der Waals surface area contributed by atoms with Crippen LogP contribution in [0.5, 0.6) is 0 Å². The summed E-state index contributed by atoms with van der Waals surface area (Å²) in [6.07, 6.45) is 1.69. The van der Waals surface area contributed by atoms with Gasteiger partial charge in [0.25, 0.3) is 0 Å². The summed E-state index contributed by atoms with van der Waals surface area (Å²) in [4.78, 5) is 0. The Labute approximate surface area is 105 Å². The minimum absolute atomic E-state index is 0.693. The molecule has 0 atom stereocenters. The number of hydrogen-bond donors (Lipinski definition) is 1. The van der Waals surface area contributed by atoms with E-state index in [9.17, 15) is 0 Å². The van der Waals surface area contributed by atoms with Crippen LogP contribution in [0.1, 0.15) is 11.3 Å². The number of benzene rings is 1. The Morgan fingerprint density at radius 2 is 2.06 bits per heavy atom. The molecule has 0 saturated carbocycles. The lowest BCUT2D eigenvalue weighted by Crippen LogP contribution is -2.04. The number of aryl methyl sites for hydroxylation is 1. The fourth-order valence-corrected chi connectivity index (χ4v) is 2.15. The van der Waals surface area contributed by atoms with Crippen molar-refractivity contribution in [3.05, 3.63) is 47.9 Å². The zero-order valence-corrected chi connectivity index (χ0v) is 10.5. The molecule has 0 aliphatic heterocycles. The molecule has 0 saturated heterocycles. The topological polar surface area (TPSA) is 38.3 Å². The van der Waals surface area contributed by atoms with Gasteiger partial charge in [0.2, 0.25) is 0 Å². The van der Waals surface area contributed by atoms with Crippen LogP contribution >= 0.6 is 0 Å². The molecule has 1 N–H and O–H groups in total. The first kappa shape index (κ1) is 11.1. The van der Waals surface area contributed by atoms with E-state index in [0.29, 0.717) is 6.54 Å². The monoisotopic (exact) mass is 241 g/mol. The van der Waals surface area contributed by atoms with Gasteiger partial charge in [0, 0.05) is 5.39 Å². The molecule has 3 nitrogen and oxygen atoms in total. The van der Waals surface area contributed by atoms with Gasteiger partial charge in [-0.3, -0.25) is 0 Å². The van der Waals surface area contributed by atoms with Gasteiger partial charge in [0.15, 0.2) is 0 Å². The Morgan fingerprint density at radius 1 is 1.17 bits per heavy atom. The normalized spacial score (nSPS) is 11.2. The number of hydrogen-bond acceptors (Lipinski definition) is 3. The maximum Gasteiger partial charge on any atom is 0.138 e. The second kappa shape index (κ2) is 4.35. The quantitative estimate of drug-likeness (QED) is 0.759. The summed E-state index contributed by atoms with van der Waals surface area (Å²) >= 11 is 0. The summed E-state index contributed by atoms with van der Waals surface area (Å²) in [5.41, 5.74) is 3.16. The third kappa shape index (κ3) is 1.83. The second-order valence-corrected chi connectivity index (χ2v) is 4.44. The third-order valence-electron chi connectivity index (χ3n) is 3.02. The Bertz CT molecular complexity index is 679. The van der Waals surface area contributed by atoms with Gasteiger partial charge in [0.05, 0.1) is 18.4 Å². The van der Waals surface area contributed by atoms with E-state index in [2.05, 4.69) is 30.4 Å². The average molecular weight is 241 g/mol. The fraction of sp³-hybridized carbons (Fsp3) is 0.200. The lowest BCUT2D eigenvalue weighted by Gasteiger charge is -1.97. The van der Waals surface area contributed by atoms with Crippen molar-refractivity contribution < 1.29 is 8.83 Å². The van der Waals surface area contributed by atoms with Crippen molar-refractivity contribution in [2.45, 2.75) is 13.5 Å². The van der Waals surface area contributed by atoms with Crippen molar-refractivity contribution in [1.82, 2.24) is 5.32 Å². The molecule has 0 aliphatic carbocycles. The number of nitrogens with one attached hydrogen (secondary N) is 1. The van der Waals surface area contributed by atoms with E-state index in [1.807, 2.05) is 19.2 Å². The van der Waals surface area contributed by atoms with Gasteiger partial charge in [-0.1, -0.05) is 11.6 Å². The number of fused-ring (bicyclic) bond motifs is 1. The molecule has 0 spiro atoms. The predicted molar refractivity (Wildman–Crippen MR) is 71.4 cm³/mol. The van der Waals surface area contributed by atoms with Crippen molar-refractivity contribution in [2.75, 3.05) is 7.05 Å². The van der Waals surface area contributed by atoms with Crippen molar-refractivity contribution in [2.24, 2.45) is 0 Å². The van der Waals surface area contributed by atoms with Gasteiger partial charge in [-0.15, -0.1) is 0 Å². The Hall–Kier alpha value is -2.00. The second-order valence-electron chi connectivity index (χ2n) is 4.44. The van der Waals surface area contributed by atoms with E-state index in [1.165, 1.54) is 5.56 Å². The van der Waals surface area contributed by atoms with Gasteiger partial charge in [-0.25, -0.2) is 0 Å². The Morgan fingerprint density at radius 3 is 2.89 bits per heavy atom. The molecule has 3 rings (SSSR count). The summed E-state index contributed by atoms with van der Waals surface area (Å²) < 4.78 is 11.3. The largest absolute Gasteiger partial charge is 0.467 e. The molecule has 18 heavy (non-hydrogen) atoms. The molecule has 3 aromatic rings. The van der Waals surface area contributed by atoms with E-state index in [1.54, 1.807) is 6.26 Å². The molecule has 3 heteroatoms. The van der Waals surface area contributed by atoms with Gasteiger partial charge < -0.3 is 14.2 Å². The first-order valence-electron chi connectivity index (χ1n) is 5.99. The van der Waals surface area contributed by atoms with Crippen LogP contribution in [0.3, 0.4) is 0 Å². The van der Waals surface area contributed by atoms with E-state index in [0.717, 1.165) is 28.1 Å². The average Bonchev–Trinajstić information content (AvgIpc) is 2.94. The number of furan rings is 2. The van der Waals surface area contributed by atoms with Gasteiger partial charge in [-0.05, 0) is 38.2 Å². The minimum atomic E-state index is 0.693. The molecular formula is C15H15NO2.